The molecule has 0 spiro atoms. The van der Waals surface area contributed by atoms with Crippen LogP contribution in [0.2, 0.25) is 0 Å². The summed E-state index contributed by atoms with van der Waals surface area (Å²) in [5, 5.41) is 3.06. The first-order valence-electron chi connectivity index (χ1n) is 9.97. The lowest BCUT2D eigenvalue weighted by Crippen LogP contribution is -2.37. The molecule has 1 saturated heterocycles. The van der Waals surface area contributed by atoms with Crippen LogP contribution in [-0.2, 0) is 0 Å². The third-order valence-corrected chi connectivity index (χ3v) is 5.36. The van der Waals surface area contributed by atoms with Crippen molar-refractivity contribution in [1.29, 1.82) is 0 Å². The maximum atomic E-state index is 12.8. The maximum Gasteiger partial charge on any atom is 0.256 e. The molecule has 3 rings (SSSR count). The van der Waals surface area contributed by atoms with Crippen molar-refractivity contribution < 1.29 is 4.79 Å². The Morgan fingerprint density at radius 3 is 2.74 bits per heavy atom. The third kappa shape index (κ3) is 4.65. The average Bonchev–Trinajstić information content (AvgIpc) is 2.68. The summed E-state index contributed by atoms with van der Waals surface area (Å²) in [6.45, 7) is 10.3. The number of amides is 1. The largest absolute Gasteiger partial charge is 0.356 e. The minimum absolute atomic E-state index is 0.0891. The van der Waals surface area contributed by atoms with E-state index in [-0.39, 0.29) is 11.9 Å². The van der Waals surface area contributed by atoms with E-state index in [9.17, 15) is 4.79 Å². The maximum absolute atomic E-state index is 12.8. The number of piperidine rings is 1. The molecule has 1 fully saturated rings. The molecule has 0 saturated carbocycles. The Balaban J connectivity index is 1.98. The minimum atomic E-state index is -0.0891. The van der Waals surface area contributed by atoms with Gasteiger partial charge in [0.05, 0.1) is 0 Å². The number of rotatable bonds is 5. The van der Waals surface area contributed by atoms with Gasteiger partial charge in [0.15, 0.2) is 5.82 Å². The quantitative estimate of drug-likeness (QED) is 0.861. The molecule has 5 heteroatoms. The van der Waals surface area contributed by atoms with Crippen molar-refractivity contribution in [3.8, 4) is 11.4 Å². The van der Waals surface area contributed by atoms with Crippen LogP contribution in [0.5, 0.6) is 0 Å². The van der Waals surface area contributed by atoms with Gasteiger partial charge in [0.25, 0.3) is 5.91 Å². The van der Waals surface area contributed by atoms with Crippen molar-refractivity contribution in [2.75, 3.05) is 18.0 Å². The smallest absolute Gasteiger partial charge is 0.256 e. The SMILES string of the molecule is CC[C@H](C)NC(=O)c1cnc(-c2cccc(C)c2)nc1N1CCC(C)CC1. The molecule has 0 aliphatic carbocycles. The van der Waals surface area contributed by atoms with Gasteiger partial charge in [-0.25, -0.2) is 9.97 Å². The first-order valence-corrected chi connectivity index (χ1v) is 9.97. The van der Waals surface area contributed by atoms with Crippen molar-refractivity contribution in [1.82, 2.24) is 15.3 Å². The van der Waals surface area contributed by atoms with E-state index < -0.39 is 0 Å². The van der Waals surface area contributed by atoms with Gasteiger partial charge in [0.2, 0.25) is 0 Å². The Morgan fingerprint density at radius 1 is 1.33 bits per heavy atom. The number of benzene rings is 1. The third-order valence-electron chi connectivity index (χ3n) is 5.36. The molecule has 27 heavy (non-hydrogen) atoms. The highest BCUT2D eigenvalue weighted by atomic mass is 16.1. The molecule has 5 nitrogen and oxygen atoms in total. The van der Waals surface area contributed by atoms with Crippen molar-refractivity contribution in [3.63, 3.8) is 0 Å². The predicted octanol–water partition coefficient (Wildman–Crippen LogP) is 4.22. The standard InChI is InChI=1S/C22H30N4O/c1-5-17(4)24-22(27)19-14-23-20(18-8-6-7-16(3)13-18)25-21(19)26-11-9-15(2)10-12-26/h6-8,13-15,17H,5,9-12H2,1-4H3,(H,24,27)/t17-/m0/s1. The molecule has 1 aromatic carbocycles. The van der Waals surface area contributed by atoms with Gasteiger partial charge in [0, 0.05) is 30.9 Å². The highest BCUT2D eigenvalue weighted by molar-refractivity contribution is 5.99. The number of nitrogens with one attached hydrogen (secondary N) is 1. The van der Waals surface area contributed by atoms with Gasteiger partial charge < -0.3 is 10.2 Å². The van der Waals surface area contributed by atoms with E-state index >= 15 is 0 Å². The Kier molecular flexibility index (Phi) is 6.09. The van der Waals surface area contributed by atoms with Crippen molar-refractivity contribution in [2.24, 2.45) is 5.92 Å². The number of carbonyl (C=O) groups is 1. The van der Waals surface area contributed by atoms with E-state index in [1.807, 2.05) is 19.1 Å². The number of carbonyl (C=O) groups excluding carboxylic acids is 1. The number of aromatic nitrogens is 2. The topological polar surface area (TPSA) is 58.1 Å². The second-order valence-corrected chi connectivity index (χ2v) is 7.75. The summed E-state index contributed by atoms with van der Waals surface area (Å²) in [6, 6.07) is 8.30. The molecule has 1 aliphatic heterocycles. The molecule has 0 bridgehead atoms. The number of anilines is 1. The lowest BCUT2D eigenvalue weighted by Gasteiger charge is -2.32. The molecule has 1 atom stereocenters. The van der Waals surface area contributed by atoms with E-state index in [0.717, 1.165) is 49.7 Å². The lowest BCUT2D eigenvalue weighted by molar-refractivity contribution is 0.0939. The molecule has 1 aromatic heterocycles. The zero-order valence-corrected chi connectivity index (χ0v) is 16.8. The second-order valence-electron chi connectivity index (χ2n) is 7.75. The van der Waals surface area contributed by atoms with Crippen LogP contribution in [-0.4, -0.2) is 35.0 Å². The zero-order valence-electron chi connectivity index (χ0n) is 16.8. The van der Waals surface area contributed by atoms with Crippen LogP contribution in [0.15, 0.2) is 30.5 Å². The van der Waals surface area contributed by atoms with Crippen LogP contribution < -0.4 is 10.2 Å². The van der Waals surface area contributed by atoms with Gasteiger partial charge in [-0.15, -0.1) is 0 Å². The highest BCUT2D eigenvalue weighted by Gasteiger charge is 2.24. The summed E-state index contributed by atoms with van der Waals surface area (Å²) in [6.07, 6.45) is 4.83. The molecule has 1 amide bonds. The number of nitrogens with zero attached hydrogens (tertiary/aromatic N) is 3. The highest BCUT2D eigenvalue weighted by Crippen LogP contribution is 2.27. The summed E-state index contributed by atoms with van der Waals surface area (Å²) >= 11 is 0. The first-order chi connectivity index (χ1) is 13.0. The van der Waals surface area contributed by atoms with E-state index in [1.165, 1.54) is 5.56 Å². The van der Waals surface area contributed by atoms with E-state index in [0.29, 0.717) is 11.4 Å². The van der Waals surface area contributed by atoms with Crippen LogP contribution in [0.25, 0.3) is 11.4 Å². The summed E-state index contributed by atoms with van der Waals surface area (Å²) in [5.74, 6) is 2.06. The molecule has 2 aromatic rings. The number of hydrogen-bond acceptors (Lipinski definition) is 4. The molecule has 1 aliphatic rings. The fourth-order valence-corrected chi connectivity index (χ4v) is 3.32. The fourth-order valence-electron chi connectivity index (χ4n) is 3.32. The van der Waals surface area contributed by atoms with Crippen LogP contribution >= 0.6 is 0 Å². The summed E-state index contributed by atoms with van der Waals surface area (Å²) < 4.78 is 0. The number of hydrogen-bond donors (Lipinski definition) is 1. The van der Waals surface area contributed by atoms with Crippen molar-refractivity contribution in [2.45, 2.75) is 53.0 Å². The van der Waals surface area contributed by atoms with Crippen molar-refractivity contribution in [3.05, 3.63) is 41.6 Å². The van der Waals surface area contributed by atoms with Gasteiger partial charge in [-0.1, -0.05) is 37.6 Å². The summed E-state index contributed by atoms with van der Waals surface area (Å²) in [4.78, 5) is 24.4. The van der Waals surface area contributed by atoms with Gasteiger partial charge in [0.1, 0.15) is 11.4 Å². The Labute approximate surface area is 162 Å². The second kappa shape index (κ2) is 8.51. The summed E-state index contributed by atoms with van der Waals surface area (Å²) in [7, 11) is 0. The van der Waals surface area contributed by atoms with Crippen LogP contribution in [0.4, 0.5) is 5.82 Å². The molecule has 2 heterocycles. The van der Waals surface area contributed by atoms with Gasteiger partial charge in [-0.2, -0.15) is 0 Å². The van der Waals surface area contributed by atoms with Gasteiger partial charge >= 0.3 is 0 Å². The molecule has 0 unspecified atom stereocenters. The summed E-state index contributed by atoms with van der Waals surface area (Å²) in [5.41, 5.74) is 2.72. The van der Waals surface area contributed by atoms with E-state index in [1.54, 1.807) is 6.20 Å². The Morgan fingerprint density at radius 2 is 2.07 bits per heavy atom. The van der Waals surface area contributed by atoms with E-state index in [2.05, 4.69) is 48.1 Å². The van der Waals surface area contributed by atoms with E-state index in [4.69, 9.17) is 4.98 Å². The molecular formula is C22H30N4O. The molecular weight excluding hydrogens is 336 g/mol. The van der Waals surface area contributed by atoms with Gasteiger partial charge in [-0.3, -0.25) is 4.79 Å². The van der Waals surface area contributed by atoms with Crippen molar-refractivity contribution >= 4 is 11.7 Å². The lowest BCUT2D eigenvalue weighted by atomic mass is 9.99. The Bertz CT molecular complexity index is 797. The number of aryl methyl sites for hydroxylation is 1. The van der Waals surface area contributed by atoms with Crippen LogP contribution in [0.1, 0.15) is 56.0 Å². The normalized spacial score (nSPS) is 16.2. The molecule has 1 N–H and O–H groups in total. The predicted molar refractivity (Wildman–Crippen MR) is 110 cm³/mol. The average molecular weight is 367 g/mol. The minimum Gasteiger partial charge on any atom is -0.356 e. The Hall–Kier alpha value is -2.43. The monoisotopic (exact) mass is 366 g/mol. The molecule has 0 radical (unpaired) electrons. The van der Waals surface area contributed by atoms with Crippen LogP contribution in [0, 0.1) is 12.8 Å². The first kappa shape index (κ1) is 19.3. The zero-order chi connectivity index (χ0) is 19.4. The fraction of sp³-hybridized carbons (Fsp3) is 0.500. The molecule has 144 valence electrons. The van der Waals surface area contributed by atoms with Gasteiger partial charge in [-0.05, 0) is 45.1 Å². The van der Waals surface area contributed by atoms with Crippen LogP contribution in [0.3, 0.4) is 0 Å².